The molecule has 16 rings (SSSR count). The second-order valence-corrected chi connectivity index (χ2v) is 21.6. The summed E-state index contributed by atoms with van der Waals surface area (Å²) in [5.41, 5.74) is 28.2. The fraction of sp³-hybridized carbons (Fsp3) is 0. The number of nitrogens with zero attached hydrogens (tertiary/aromatic N) is 3. The number of hydrogen-bond acceptors (Lipinski definition) is 2. The van der Waals surface area contributed by atoms with Crippen molar-refractivity contribution in [1.29, 1.82) is 0 Å². The van der Waals surface area contributed by atoms with E-state index in [1.165, 1.54) is 88.4 Å². The van der Waals surface area contributed by atoms with Crippen molar-refractivity contribution < 1.29 is 0 Å². The van der Waals surface area contributed by atoms with Gasteiger partial charge in [0.05, 0.1) is 16.7 Å². The van der Waals surface area contributed by atoms with E-state index in [0.29, 0.717) is 0 Å². The standard InChI is InChI=1S/C78H52BN3/c1-6-21-53(22-7-1)56-37-43-62(44-38-56)80-73-48-42-60(55-25-10-3-11-26-55)49-70(73)79-69-47-41-61(77-65(58-27-12-4-13-28-58)33-20-34-66(77)59-29-14-5-15-30-59)50-74(69)81(63-45-39-57(40-46-63)54-23-8-2-9-24-54)76-52-64(51-75(80)78(76)79)82-71-35-18-16-31-67(71)68-32-17-19-36-72(68)82/h1-52H. The highest BCUT2D eigenvalue weighted by atomic mass is 15.2. The van der Waals surface area contributed by atoms with Crippen molar-refractivity contribution in [3.05, 3.63) is 315 Å². The Balaban J connectivity index is 1.02. The summed E-state index contributed by atoms with van der Waals surface area (Å²) in [6.07, 6.45) is 0. The van der Waals surface area contributed by atoms with E-state index in [2.05, 4.69) is 330 Å². The Morgan fingerprint density at radius 2 is 0.634 bits per heavy atom. The predicted octanol–water partition coefficient (Wildman–Crippen LogP) is 18.9. The van der Waals surface area contributed by atoms with Crippen molar-refractivity contribution in [3.8, 4) is 72.4 Å². The van der Waals surface area contributed by atoms with Gasteiger partial charge in [0.2, 0.25) is 0 Å². The molecule has 382 valence electrons. The molecule has 0 radical (unpaired) electrons. The van der Waals surface area contributed by atoms with Crippen LogP contribution in [0.15, 0.2) is 315 Å². The summed E-state index contributed by atoms with van der Waals surface area (Å²) in [4.78, 5) is 5.13. The lowest BCUT2D eigenvalue weighted by Crippen LogP contribution is -2.61. The van der Waals surface area contributed by atoms with Crippen LogP contribution in [0.5, 0.6) is 0 Å². The van der Waals surface area contributed by atoms with Gasteiger partial charge in [0.1, 0.15) is 0 Å². The molecular formula is C78H52BN3. The molecule has 0 N–H and O–H groups in total. The fourth-order valence-corrected chi connectivity index (χ4v) is 13.3. The Kier molecular flexibility index (Phi) is 11.3. The van der Waals surface area contributed by atoms with Crippen LogP contribution in [0.2, 0.25) is 0 Å². The van der Waals surface area contributed by atoms with Crippen molar-refractivity contribution in [1.82, 2.24) is 4.57 Å². The molecule has 0 saturated heterocycles. The van der Waals surface area contributed by atoms with Crippen LogP contribution in [0.3, 0.4) is 0 Å². The SMILES string of the molecule is c1ccc(-c2ccc(N3c4ccc(-c5ccccc5)cc4B4c5ccc(-c6c(-c7ccccc7)cccc6-c6ccccc6)cc5N(c5ccc(-c6ccccc6)cc5)c5cc(-n6c7ccccc7c7ccccc76)cc3c54)cc2)cc1. The highest BCUT2D eigenvalue weighted by molar-refractivity contribution is 7.00. The van der Waals surface area contributed by atoms with E-state index in [0.717, 1.165) is 56.4 Å². The van der Waals surface area contributed by atoms with E-state index >= 15 is 0 Å². The van der Waals surface area contributed by atoms with Crippen LogP contribution in [-0.2, 0) is 0 Å². The maximum absolute atomic E-state index is 2.58. The van der Waals surface area contributed by atoms with Gasteiger partial charge in [-0.3, -0.25) is 0 Å². The van der Waals surface area contributed by atoms with Crippen LogP contribution in [0.4, 0.5) is 34.1 Å². The van der Waals surface area contributed by atoms with Crippen LogP contribution >= 0.6 is 0 Å². The van der Waals surface area contributed by atoms with E-state index < -0.39 is 0 Å². The summed E-state index contributed by atoms with van der Waals surface area (Å²) in [6.45, 7) is -0.141. The number of rotatable bonds is 9. The van der Waals surface area contributed by atoms with Crippen LogP contribution < -0.4 is 26.2 Å². The summed E-state index contributed by atoms with van der Waals surface area (Å²) in [5.74, 6) is 0. The number of benzene rings is 13. The molecular weight excluding hydrogens is 990 g/mol. The first-order valence-corrected chi connectivity index (χ1v) is 28.4. The Bertz CT molecular complexity index is 4600. The van der Waals surface area contributed by atoms with Crippen molar-refractivity contribution in [3.63, 3.8) is 0 Å². The van der Waals surface area contributed by atoms with Crippen molar-refractivity contribution in [2.45, 2.75) is 0 Å². The Morgan fingerprint density at radius 3 is 1.13 bits per heavy atom. The van der Waals surface area contributed by atoms with Crippen LogP contribution in [0.25, 0.3) is 94.3 Å². The topological polar surface area (TPSA) is 11.4 Å². The molecule has 14 aromatic rings. The second kappa shape index (κ2) is 19.6. The number of para-hydroxylation sites is 2. The normalized spacial score (nSPS) is 12.3. The molecule has 0 saturated carbocycles. The molecule has 3 nitrogen and oxygen atoms in total. The van der Waals surface area contributed by atoms with Gasteiger partial charge in [-0.1, -0.05) is 255 Å². The summed E-state index contributed by atoms with van der Waals surface area (Å²) in [5, 5.41) is 2.45. The van der Waals surface area contributed by atoms with Gasteiger partial charge in [-0.15, -0.1) is 0 Å². The first-order valence-electron chi connectivity index (χ1n) is 28.4. The fourth-order valence-electron chi connectivity index (χ4n) is 13.3. The average Bonchev–Trinajstić information content (AvgIpc) is 2.06. The molecule has 0 aliphatic carbocycles. The van der Waals surface area contributed by atoms with Crippen LogP contribution in [0.1, 0.15) is 0 Å². The minimum atomic E-state index is -0.141. The maximum atomic E-state index is 2.58. The summed E-state index contributed by atoms with van der Waals surface area (Å²) >= 11 is 0. The molecule has 0 unspecified atom stereocenters. The molecule has 82 heavy (non-hydrogen) atoms. The highest BCUT2D eigenvalue weighted by Gasteiger charge is 2.44. The summed E-state index contributed by atoms with van der Waals surface area (Å²) in [6, 6.07) is 117. The molecule has 0 amide bonds. The summed E-state index contributed by atoms with van der Waals surface area (Å²) < 4.78 is 2.49. The molecule has 0 atom stereocenters. The molecule has 3 heterocycles. The van der Waals surface area contributed by atoms with Gasteiger partial charge in [0.15, 0.2) is 0 Å². The smallest absolute Gasteiger partial charge is 0.252 e. The monoisotopic (exact) mass is 1040 g/mol. The number of aromatic nitrogens is 1. The van der Waals surface area contributed by atoms with Gasteiger partial charge >= 0.3 is 0 Å². The van der Waals surface area contributed by atoms with Crippen molar-refractivity contribution >= 4 is 79.0 Å². The first-order chi connectivity index (χ1) is 40.7. The van der Waals surface area contributed by atoms with Crippen molar-refractivity contribution in [2.75, 3.05) is 9.80 Å². The van der Waals surface area contributed by atoms with Crippen LogP contribution in [-0.4, -0.2) is 11.3 Å². The molecule has 0 spiro atoms. The van der Waals surface area contributed by atoms with Gasteiger partial charge in [-0.05, 0) is 144 Å². The maximum Gasteiger partial charge on any atom is 0.252 e. The third kappa shape index (κ3) is 7.83. The van der Waals surface area contributed by atoms with Gasteiger partial charge in [0.25, 0.3) is 6.71 Å². The first kappa shape index (κ1) is 47.3. The lowest BCUT2D eigenvalue weighted by Gasteiger charge is -2.44. The molecule has 0 fully saturated rings. The number of anilines is 6. The third-order valence-electron chi connectivity index (χ3n) is 17.0. The average molecular weight is 1040 g/mol. The highest BCUT2D eigenvalue weighted by Crippen LogP contribution is 2.49. The van der Waals surface area contributed by atoms with Crippen molar-refractivity contribution in [2.24, 2.45) is 0 Å². The Hall–Kier alpha value is -10.7. The molecule has 2 aliphatic heterocycles. The number of hydrogen-bond donors (Lipinski definition) is 0. The lowest BCUT2D eigenvalue weighted by molar-refractivity contribution is 1.16. The van der Waals surface area contributed by atoms with E-state index in [4.69, 9.17) is 0 Å². The minimum Gasteiger partial charge on any atom is -0.311 e. The number of fused-ring (bicyclic) bond motifs is 7. The van der Waals surface area contributed by atoms with E-state index in [1.807, 2.05) is 0 Å². The molecule has 4 heteroatoms. The molecule has 0 bridgehead atoms. The zero-order valence-corrected chi connectivity index (χ0v) is 44.9. The van der Waals surface area contributed by atoms with Gasteiger partial charge in [-0.2, -0.15) is 0 Å². The summed E-state index contributed by atoms with van der Waals surface area (Å²) in [7, 11) is 0. The van der Waals surface area contributed by atoms with E-state index in [-0.39, 0.29) is 6.71 Å². The van der Waals surface area contributed by atoms with Gasteiger partial charge in [-0.25, -0.2) is 0 Å². The van der Waals surface area contributed by atoms with Gasteiger partial charge in [0, 0.05) is 44.9 Å². The molecule has 2 aliphatic rings. The van der Waals surface area contributed by atoms with Crippen LogP contribution in [0, 0.1) is 0 Å². The zero-order valence-electron chi connectivity index (χ0n) is 44.9. The quantitative estimate of drug-likeness (QED) is 0.134. The Labute approximate surface area is 478 Å². The Morgan fingerprint density at radius 1 is 0.232 bits per heavy atom. The van der Waals surface area contributed by atoms with E-state index in [1.54, 1.807) is 0 Å². The van der Waals surface area contributed by atoms with Gasteiger partial charge < -0.3 is 14.4 Å². The second-order valence-electron chi connectivity index (χ2n) is 21.6. The minimum absolute atomic E-state index is 0.141. The lowest BCUT2D eigenvalue weighted by atomic mass is 9.33. The molecule has 13 aromatic carbocycles. The largest absolute Gasteiger partial charge is 0.311 e. The molecule has 1 aromatic heterocycles. The zero-order chi connectivity index (χ0) is 54.1. The third-order valence-corrected chi connectivity index (χ3v) is 17.0. The van der Waals surface area contributed by atoms with E-state index in [9.17, 15) is 0 Å². The predicted molar refractivity (Wildman–Crippen MR) is 347 cm³/mol.